The molecule has 0 spiro atoms. The van der Waals surface area contributed by atoms with Gasteiger partial charge in [0.1, 0.15) is 6.29 Å². The van der Waals surface area contributed by atoms with Gasteiger partial charge in [-0.2, -0.15) is 5.01 Å². The first-order valence-electron chi connectivity index (χ1n) is 7.28. The molecule has 1 saturated heterocycles. The lowest BCUT2D eigenvalue weighted by Crippen LogP contribution is -2.44. The minimum Gasteiger partial charge on any atom is -0.298 e. The number of thioether (sulfide) groups is 1. The van der Waals surface area contributed by atoms with Crippen molar-refractivity contribution in [2.75, 3.05) is 0 Å². The predicted molar refractivity (Wildman–Crippen MR) is 101 cm³/mol. The van der Waals surface area contributed by atoms with Crippen LogP contribution in [-0.4, -0.2) is 27.4 Å². The van der Waals surface area contributed by atoms with E-state index in [1.165, 1.54) is 0 Å². The average molecular weight is 368 g/mol. The van der Waals surface area contributed by atoms with Crippen LogP contribution >= 0.6 is 24.0 Å². The van der Waals surface area contributed by atoms with Crippen molar-refractivity contribution in [3.8, 4) is 0 Å². The first-order valence-corrected chi connectivity index (χ1v) is 8.50. The number of hydrazine groups is 1. The molecule has 0 aromatic heterocycles. The summed E-state index contributed by atoms with van der Waals surface area (Å²) in [7, 11) is 0. The molecule has 2 amide bonds. The van der Waals surface area contributed by atoms with Gasteiger partial charge in [0.2, 0.25) is 0 Å². The van der Waals surface area contributed by atoms with Gasteiger partial charge in [-0.15, -0.1) is 0 Å². The Morgan fingerprint density at radius 1 is 1.04 bits per heavy atom. The number of nitrogens with zero attached hydrogens (tertiary/aromatic N) is 1. The summed E-state index contributed by atoms with van der Waals surface area (Å²) in [5.41, 5.74) is 4.28. The van der Waals surface area contributed by atoms with Crippen LogP contribution in [0.2, 0.25) is 0 Å². The Morgan fingerprint density at radius 3 is 2.32 bits per heavy atom. The van der Waals surface area contributed by atoms with E-state index in [1.54, 1.807) is 60.7 Å². The van der Waals surface area contributed by atoms with Gasteiger partial charge in [-0.1, -0.05) is 54.2 Å². The lowest BCUT2D eigenvalue weighted by molar-refractivity contribution is -0.123. The van der Waals surface area contributed by atoms with Crippen molar-refractivity contribution in [1.82, 2.24) is 10.4 Å². The van der Waals surface area contributed by atoms with E-state index in [9.17, 15) is 14.4 Å². The minimum atomic E-state index is -0.409. The maximum absolute atomic E-state index is 12.5. The highest BCUT2D eigenvalue weighted by Gasteiger charge is 2.33. The molecule has 2 aromatic rings. The maximum Gasteiger partial charge on any atom is 0.285 e. The summed E-state index contributed by atoms with van der Waals surface area (Å²) in [6.07, 6.45) is 2.42. The number of rotatable bonds is 4. The highest BCUT2D eigenvalue weighted by atomic mass is 32.2. The molecular weight excluding hydrogens is 356 g/mol. The van der Waals surface area contributed by atoms with Crippen molar-refractivity contribution in [1.29, 1.82) is 0 Å². The van der Waals surface area contributed by atoms with Crippen LogP contribution in [0.5, 0.6) is 0 Å². The zero-order valence-corrected chi connectivity index (χ0v) is 14.5. The monoisotopic (exact) mass is 368 g/mol. The van der Waals surface area contributed by atoms with Crippen molar-refractivity contribution in [3.63, 3.8) is 0 Å². The molecule has 124 valence electrons. The largest absolute Gasteiger partial charge is 0.298 e. The normalized spacial score (nSPS) is 15.5. The molecule has 25 heavy (non-hydrogen) atoms. The highest BCUT2D eigenvalue weighted by Crippen LogP contribution is 2.31. The average Bonchev–Trinajstić information content (AvgIpc) is 2.90. The molecule has 3 rings (SSSR count). The number of thiocarbonyl (C=S) groups is 1. The molecule has 0 atom stereocenters. The van der Waals surface area contributed by atoms with E-state index in [0.29, 0.717) is 16.0 Å². The number of amides is 2. The van der Waals surface area contributed by atoms with E-state index in [1.807, 2.05) is 0 Å². The first kappa shape index (κ1) is 17.1. The number of carbonyl (C=O) groups excluding carboxylic acids is 3. The van der Waals surface area contributed by atoms with Crippen LogP contribution < -0.4 is 5.43 Å². The summed E-state index contributed by atoms with van der Waals surface area (Å²) in [5, 5.41) is 1.07. The Hall–Kier alpha value is -2.77. The van der Waals surface area contributed by atoms with E-state index in [2.05, 4.69) is 5.43 Å². The van der Waals surface area contributed by atoms with Gasteiger partial charge in [-0.25, -0.2) is 0 Å². The topological polar surface area (TPSA) is 66.5 Å². The van der Waals surface area contributed by atoms with E-state index in [-0.39, 0.29) is 4.32 Å². The number of benzene rings is 2. The molecule has 0 aliphatic carbocycles. The summed E-state index contributed by atoms with van der Waals surface area (Å²) in [6.45, 7) is 0. The number of hydrogen-bond acceptors (Lipinski definition) is 5. The molecule has 1 heterocycles. The van der Waals surface area contributed by atoms with Crippen molar-refractivity contribution < 1.29 is 14.4 Å². The highest BCUT2D eigenvalue weighted by molar-refractivity contribution is 8.26. The molecule has 2 aromatic carbocycles. The van der Waals surface area contributed by atoms with Gasteiger partial charge in [0, 0.05) is 11.1 Å². The zero-order valence-electron chi connectivity index (χ0n) is 12.8. The lowest BCUT2D eigenvalue weighted by atomic mass is 10.1. The quantitative estimate of drug-likeness (QED) is 0.510. The van der Waals surface area contributed by atoms with E-state index in [0.717, 1.165) is 28.6 Å². The minimum absolute atomic E-state index is 0.255. The van der Waals surface area contributed by atoms with Gasteiger partial charge >= 0.3 is 0 Å². The second-order valence-electron chi connectivity index (χ2n) is 5.11. The van der Waals surface area contributed by atoms with Crippen LogP contribution in [0.3, 0.4) is 0 Å². The summed E-state index contributed by atoms with van der Waals surface area (Å²) < 4.78 is 0.255. The molecule has 0 bridgehead atoms. The van der Waals surface area contributed by atoms with Crippen LogP contribution in [0, 0.1) is 0 Å². The van der Waals surface area contributed by atoms with Gasteiger partial charge < -0.3 is 0 Å². The molecule has 1 aliphatic rings. The fourth-order valence-corrected chi connectivity index (χ4v) is 3.32. The Kier molecular flexibility index (Phi) is 5.06. The smallest absolute Gasteiger partial charge is 0.285 e. The van der Waals surface area contributed by atoms with Crippen molar-refractivity contribution in [2.45, 2.75) is 0 Å². The van der Waals surface area contributed by atoms with Gasteiger partial charge in [-0.05, 0) is 36.0 Å². The zero-order chi connectivity index (χ0) is 17.8. The fourth-order valence-electron chi connectivity index (χ4n) is 2.14. The summed E-state index contributed by atoms with van der Waals surface area (Å²) in [6, 6.07) is 15.4. The van der Waals surface area contributed by atoms with Crippen molar-refractivity contribution in [2.24, 2.45) is 0 Å². The first-order chi connectivity index (χ1) is 12.1. The number of carbonyl (C=O) groups is 3. The van der Waals surface area contributed by atoms with E-state index < -0.39 is 11.8 Å². The van der Waals surface area contributed by atoms with E-state index in [4.69, 9.17) is 12.2 Å². The molecule has 1 aliphatic heterocycles. The maximum atomic E-state index is 12.5. The number of nitrogens with one attached hydrogen (secondary N) is 1. The number of hydrogen-bond donors (Lipinski definition) is 1. The van der Waals surface area contributed by atoms with Gasteiger partial charge in [-0.3, -0.25) is 19.8 Å². The molecule has 5 nitrogen and oxygen atoms in total. The van der Waals surface area contributed by atoms with Gasteiger partial charge in [0.25, 0.3) is 11.8 Å². The fraction of sp³-hybridized carbons (Fsp3) is 0. The van der Waals surface area contributed by atoms with E-state index >= 15 is 0 Å². The summed E-state index contributed by atoms with van der Waals surface area (Å²) in [5.74, 6) is -0.799. The van der Waals surface area contributed by atoms with Gasteiger partial charge in [0.05, 0.1) is 4.91 Å². The summed E-state index contributed by atoms with van der Waals surface area (Å²) in [4.78, 5) is 35.8. The Balaban J connectivity index is 1.76. The van der Waals surface area contributed by atoms with Crippen LogP contribution in [0.1, 0.15) is 26.3 Å². The molecule has 7 heteroatoms. The Bertz CT molecular complexity index is 877. The Morgan fingerprint density at radius 2 is 1.68 bits per heavy atom. The van der Waals surface area contributed by atoms with Gasteiger partial charge in [0.15, 0.2) is 4.32 Å². The Labute approximate surface area is 153 Å². The van der Waals surface area contributed by atoms with Crippen LogP contribution in [0.15, 0.2) is 59.5 Å². The molecule has 1 N–H and O–H groups in total. The predicted octanol–water partition coefficient (Wildman–Crippen LogP) is 3.05. The molecule has 0 saturated carbocycles. The van der Waals surface area contributed by atoms with Crippen molar-refractivity contribution >= 4 is 52.5 Å². The lowest BCUT2D eigenvalue weighted by Gasteiger charge is -2.15. The van der Waals surface area contributed by atoms with Crippen LogP contribution in [0.4, 0.5) is 0 Å². The van der Waals surface area contributed by atoms with Crippen molar-refractivity contribution in [3.05, 3.63) is 76.2 Å². The SMILES string of the molecule is O=Cc1ccc(/C=C2\SC(=S)N(NC(=O)c3ccccc3)C2=O)cc1. The molecule has 1 fully saturated rings. The second kappa shape index (κ2) is 7.42. The standard InChI is InChI=1S/C18H12N2O3S2/c21-11-13-8-6-12(7-9-13)10-15-17(23)20(18(24)25-15)19-16(22)14-4-2-1-3-5-14/h1-11H,(H,19,22)/b15-10-. The third-order valence-corrected chi connectivity index (χ3v) is 4.72. The molecule has 0 radical (unpaired) electrons. The van der Waals surface area contributed by atoms with Crippen LogP contribution in [0.25, 0.3) is 6.08 Å². The molecule has 0 unspecified atom stereocenters. The molecular formula is C18H12N2O3S2. The van der Waals surface area contributed by atoms with Crippen LogP contribution in [-0.2, 0) is 4.79 Å². The second-order valence-corrected chi connectivity index (χ2v) is 6.78. The summed E-state index contributed by atoms with van der Waals surface area (Å²) >= 11 is 6.29. The number of aldehydes is 1. The third-order valence-electron chi connectivity index (χ3n) is 3.41. The third kappa shape index (κ3) is 3.84.